The van der Waals surface area contributed by atoms with Crippen LogP contribution in [0.15, 0.2) is 24.3 Å². The number of ether oxygens (including phenoxy) is 6. The molecule has 0 spiro atoms. The number of unbranched alkanes of at least 4 members (excludes halogenated alkanes) is 27. The maximum Gasteiger partial charge on any atom is 0.220 e. The predicted octanol–water partition coefficient (Wildman–Crippen LogP) is 6.32. The normalized spacial score (nSPS) is 30.1. The van der Waals surface area contributed by atoms with Gasteiger partial charge in [-0.3, -0.25) is 4.79 Å². The second-order valence-corrected chi connectivity index (χ2v) is 22.9. The molecule has 1 amide bonds. The number of aliphatic hydroxyl groups excluding tert-OH is 11. The number of nitrogens with one attached hydrogen (secondary N) is 1. The van der Waals surface area contributed by atoms with E-state index in [0.29, 0.717) is 12.8 Å². The van der Waals surface area contributed by atoms with Gasteiger partial charge in [-0.2, -0.15) is 0 Å². The zero-order chi connectivity index (χ0) is 58.3. The minimum absolute atomic E-state index is 0.245. The van der Waals surface area contributed by atoms with Gasteiger partial charge in [0, 0.05) is 6.42 Å². The Kier molecular flexibility index (Phi) is 40.5. The number of hydrogen-bond acceptors (Lipinski definition) is 18. The van der Waals surface area contributed by atoms with Gasteiger partial charge >= 0.3 is 0 Å². The number of carbonyl (C=O) groups excluding carboxylic acids is 1. The molecule has 19 heteroatoms. The molecule has 17 atom stereocenters. The van der Waals surface area contributed by atoms with Crippen LogP contribution in [-0.4, -0.2) is 193 Å². The van der Waals surface area contributed by atoms with Crippen molar-refractivity contribution in [2.75, 3.05) is 26.4 Å². The highest BCUT2D eigenvalue weighted by atomic mass is 16.8. The van der Waals surface area contributed by atoms with E-state index in [4.69, 9.17) is 28.4 Å². The Balaban J connectivity index is 1.44. The van der Waals surface area contributed by atoms with Crippen molar-refractivity contribution in [2.45, 2.75) is 330 Å². The van der Waals surface area contributed by atoms with Gasteiger partial charge in [0.1, 0.15) is 73.2 Å². The Labute approximate surface area is 479 Å². The van der Waals surface area contributed by atoms with Gasteiger partial charge in [0.05, 0.1) is 38.6 Å². The monoisotopic (exact) mass is 1150 g/mol. The molecule has 3 heterocycles. The lowest BCUT2D eigenvalue weighted by atomic mass is 9.96. The Hall–Kier alpha value is -1.73. The molecule has 80 heavy (non-hydrogen) atoms. The predicted molar refractivity (Wildman–Crippen MR) is 305 cm³/mol. The molecule has 0 radical (unpaired) electrons. The fraction of sp³-hybridized carbons (Fsp3) is 0.918. The van der Waals surface area contributed by atoms with Gasteiger partial charge in [-0.25, -0.2) is 0 Å². The molecule has 0 aromatic carbocycles. The van der Waals surface area contributed by atoms with E-state index >= 15 is 0 Å². The van der Waals surface area contributed by atoms with E-state index in [2.05, 4.69) is 43.5 Å². The molecule has 3 fully saturated rings. The molecule has 470 valence electrons. The SMILES string of the molecule is CCCCCCC/C=C\C/C=C\CCCCCCCCCCCCCC(=O)NC(COC1OC(CO)C(OC2OC(CO)C(OC3OC(CO)C(O)C(O)C3O)C(O)C2O)C(O)C1O)C(O)CCCCCCCCCCCCCC. The fourth-order valence-electron chi connectivity index (χ4n) is 10.8. The molecule has 3 aliphatic rings. The summed E-state index contributed by atoms with van der Waals surface area (Å²) in [6.07, 6.45) is 19.8. The van der Waals surface area contributed by atoms with Crippen LogP contribution < -0.4 is 5.32 Å². The van der Waals surface area contributed by atoms with Gasteiger partial charge in [0.15, 0.2) is 18.9 Å². The lowest BCUT2D eigenvalue weighted by Crippen LogP contribution is -2.66. The molecule has 0 saturated carbocycles. The summed E-state index contributed by atoms with van der Waals surface area (Å²) in [5.41, 5.74) is 0. The fourth-order valence-corrected chi connectivity index (χ4v) is 10.8. The van der Waals surface area contributed by atoms with Crippen molar-refractivity contribution in [1.29, 1.82) is 0 Å². The molecule has 0 aromatic heterocycles. The minimum atomic E-state index is -1.97. The lowest BCUT2D eigenvalue weighted by molar-refractivity contribution is -0.379. The topological polar surface area (TPSA) is 307 Å². The van der Waals surface area contributed by atoms with Crippen LogP contribution in [0.1, 0.15) is 226 Å². The number of aliphatic hydroxyl groups is 11. The molecule has 3 aliphatic heterocycles. The third-order valence-electron chi connectivity index (χ3n) is 16.0. The average Bonchev–Trinajstić information content (AvgIpc) is 3.45. The first-order valence-corrected chi connectivity index (χ1v) is 31.6. The molecule has 19 nitrogen and oxygen atoms in total. The maximum atomic E-state index is 13.4. The zero-order valence-electron chi connectivity index (χ0n) is 49.1. The number of hydrogen-bond donors (Lipinski definition) is 12. The van der Waals surface area contributed by atoms with Gasteiger partial charge in [-0.15, -0.1) is 0 Å². The van der Waals surface area contributed by atoms with E-state index in [9.17, 15) is 61.0 Å². The minimum Gasteiger partial charge on any atom is -0.394 e. The highest BCUT2D eigenvalue weighted by Crippen LogP contribution is 2.33. The zero-order valence-corrected chi connectivity index (χ0v) is 49.1. The van der Waals surface area contributed by atoms with E-state index < -0.39 is 124 Å². The second-order valence-electron chi connectivity index (χ2n) is 22.9. The summed E-state index contributed by atoms with van der Waals surface area (Å²) in [7, 11) is 0. The van der Waals surface area contributed by atoms with Crippen molar-refractivity contribution in [3.8, 4) is 0 Å². The molecular formula is C61H113NO18. The third kappa shape index (κ3) is 28.0. The molecule has 12 N–H and O–H groups in total. The van der Waals surface area contributed by atoms with Crippen LogP contribution in [0.25, 0.3) is 0 Å². The highest BCUT2D eigenvalue weighted by Gasteiger charge is 2.53. The van der Waals surface area contributed by atoms with Crippen molar-refractivity contribution in [3.05, 3.63) is 24.3 Å². The van der Waals surface area contributed by atoms with Crippen LogP contribution in [0.4, 0.5) is 0 Å². The van der Waals surface area contributed by atoms with Crippen molar-refractivity contribution in [1.82, 2.24) is 5.32 Å². The summed E-state index contributed by atoms with van der Waals surface area (Å²) in [6.45, 7) is 1.77. The van der Waals surface area contributed by atoms with Gasteiger partial charge in [-0.05, 0) is 44.9 Å². The second kappa shape index (κ2) is 44.7. The molecule has 3 rings (SSSR count). The standard InChI is InChI=1S/C61H113NO18/c1-3-5-7-9-11-13-15-17-18-19-20-21-22-23-24-25-26-27-29-31-33-35-37-39-49(67)62-44(45(66)38-36-34-32-30-28-16-14-12-10-8-6-4-2)43-75-59-55(73)52(70)57(47(41-64)77-59)80-61-56(74)53(71)58(48(42-65)78-61)79-60-54(72)51(69)50(68)46(40-63)76-60/h15,17,19-20,44-48,50-61,63-66,68-74H,3-14,16,18,21-43H2,1-2H3,(H,62,67)/b17-15-,20-19-. The number of carbonyl (C=O) groups is 1. The van der Waals surface area contributed by atoms with Crippen LogP contribution in [0.5, 0.6) is 0 Å². The number of amides is 1. The van der Waals surface area contributed by atoms with Gasteiger partial charge < -0.3 is 89.9 Å². The van der Waals surface area contributed by atoms with Crippen LogP contribution >= 0.6 is 0 Å². The van der Waals surface area contributed by atoms with E-state index in [1.54, 1.807) is 0 Å². The lowest BCUT2D eigenvalue weighted by Gasteiger charge is -2.48. The summed E-state index contributed by atoms with van der Waals surface area (Å²) in [5, 5.41) is 120. The molecule has 0 aliphatic carbocycles. The molecular weight excluding hydrogens is 1030 g/mol. The quantitative estimate of drug-likeness (QED) is 0.0234. The van der Waals surface area contributed by atoms with Crippen molar-refractivity contribution in [2.24, 2.45) is 0 Å². The third-order valence-corrected chi connectivity index (χ3v) is 16.0. The summed E-state index contributed by atoms with van der Waals surface area (Å²) < 4.78 is 34.3. The summed E-state index contributed by atoms with van der Waals surface area (Å²) >= 11 is 0. The first-order chi connectivity index (χ1) is 38.8. The van der Waals surface area contributed by atoms with Crippen LogP contribution in [0.3, 0.4) is 0 Å². The van der Waals surface area contributed by atoms with Crippen molar-refractivity contribution in [3.63, 3.8) is 0 Å². The first-order valence-electron chi connectivity index (χ1n) is 31.6. The van der Waals surface area contributed by atoms with Crippen LogP contribution in [-0.2, 0) is 33.2 Å². The smallest absolute Gasteiger partial charge is 0.220 e. The van der Waals surface area contributed by atoms with E-state index in [1.807, 2.05) is 0 Å². The first kappa shape index (κ1) is 72.5. The molecule has 0 aromatic rings. The van der Waals surface area contributed by atoms with Gasteiger partial charge in [-0.1, -0.05) is 199 Å². The number of rotatable bonds is 47. The summed E-state index contributed by atoms with van der Waals surface area (Å²) in [5.74, 6) is -0.245. The van der Waals surface area contributed by atoms with E-state index in [-0.39, 0.29) is 18.9 Å². The summed E-state index contributed by atoms with van der Waals surface area (Å²) in [4.78, 5) is 13.4. The highest BCUT2D eigenvalue weighted by molar-refractivity contribution is 5.76. The van der Waals surface area contributed by atoms with Gasteiger partial charge in [0.25, 0.3) is 0 Å². The Morgan fingerprint density at radius 1 is 0.450 bits per heavy atom. The largest absolute Gasteiger partial charge is 0.394 e. The van der Waals surface area contributed by atoms with E-state index in [0.717, 1.165) is 57.8 Å². The van der Waals surface area contributed by atoms with Crippen LogP contribution in [0.2, 0.25) is 0 Å². The average molecular weight is 1150 g/mol. The van der Waals surface area contributed by atoms with Crippen molar-refractivity contribution < 1.29 is 89.4 Å². The maximum absolute atomic E-state index is 13.4. The molecule has 0 bridgehead atoms. The molecule has 17 unspecified atom stereocenters. The Morgan fingerprint density at radius 3 is 1.27 bits per heavy atom. The Morgan fingerprint density at radius 2 is 0.825 bits per heavy atom. The summed E-state index contributed by atoms with van der Waals surface area (Å²) in [6, 6.07) is -0.885. The number of allylic oxidation sites excluding steroid dienone is 4. The van der Waals surface area contributed by atoms with E-state index in [1.165, 1.54) is 135 Å². The van der Waals surface area contributed by atoms with Crippen LogP contribution in [0, 0.1) is 0 Å². The van der Waals surface area contributed by atoms with Crippen molar-refractivity contribution >= 4 is 5.91 Å². The Bertz CT molecular complexity index is 1560. The molecule has 3 saturated heterocycles. The van der Waals surface area contributed by atoms with Gasteiger partial charge in [0.2, 0.25) is 5.91 Å².